The number of hydrogen-bond acceptors (Lipinski definition) is 3. The highest BCUT2D eigenvalue weighted by Gasteiger charge is 2.19. The summed E-state index contributed by atoms with van der Waals surface area (Å²) in [6.07, 6.45) is 1.58. The molecule has 124 valence electrons. The van der Waals surface area contributed by atoms with Gasteiger partial charge in [0.05, 0.1) is 11.2 Å². The van der Waals surface area contributed by atoms with E-state index in [2.05, 4.69) is 9.71 Å². The molecule has 0 aliphatic heterocycles. The molecular weight excluding hydrogens is 356 g/mol. The van der Waals surface area contributed by atoms with E-state index in [-0.39, 0.29) is 4.90 Å². The fourth-order valence-electron chi connectivity index (χ4n) is 2.84. The van der Waals surface area contributed by atoms with Crippen LogP contribution in [0.15, 0.2) is 77.8 Å². The van der Waals surface area contributed by atoms with Crippen LogP contribution in [0, 0.1) is 0 Å². The second-order valence-electron chi connectivity index (χ2n) is 5.58. The molecule has 6 heteroatoms. The number of sulfonamides is 1. The summed E-state index contributed by atoms with van der Waals surface area (Å²) in [5.41, 5.74) is 0.920. The van der Waals surface area contributed by atoms with Crippen molar-refractivity contribution >= 4 is 49.0 Å². The second kappa shape index (κ2) is 6.02. The van der Waals surface area contributed by atoms with E-state index in [4.69, 9.17) is 11.6 Å². The lowest BCUT2D eigenvalue weighted by Gasteiger charge is -2.12. The molecule has 0 amide bonds. The molecule has 0 aliphatic carbocycles. The molecule has 3 aromatic carbocycles. The van der Waals surface area contributed by atoms with Crippen LogP contribution in [0.25, 0.3) is 21.7 Å². The zero-order valence-electron chi connectivity index (χ0n) is 13.0. The minimum Gasteiger partial charge on any atom is -0.279 e. The van der Waals surface area contributed by atoms with E-state index in [1.165, 1.54) is 0 Å². The van der Waals surface area contributed by atoms with Crippen molar-refractivity contribution in [2.45, 2.75) is 4.90 Å². The van der Waals surface area contributed by atoms with Crippen molar-refractivity contribution < 1.29 is 8.42 Å². The fraction of sp³-hybridized carbons (Fsp3) is 0. The van der Waals surface area contributed by atoms with Gasteiger partial charge in [0.25, 0.3) is 10.0 Å². The third-order valence-corrected chi connectivity index (χ3v) is 5.73. The zero-order valence-corrected chi connectivity index (χ0v) is 14.6. The summed E-state index contributed by atoms with van der Waals surface area (Å²) < 4.78 is 28.6. The lowest BCUT2D eigenvalue weighted by Crippen LogP contribution is -2.14. The molecule has 0 unspecified atom stereocenters. The van der Waals surface area contributed by atoms with Crippen molar-refractivity contribution in [3.8, 4) is 0 Å². The number of halogens is 1. The topological polar surface area (TPSA) is 59.1 Å². The highest BCUT2D eigenvalue weighted by molar-refractivity contribution is 7.93. The Hall–Kier alpha value is -2.63. The fourth-order valence-corrected chi connectivity index (χ4v) is 4.33. The maximum Gasteiger partial charge on any atom is 0.264 e. The Morgan fingerprint density at radius 2 is 1.60 bits per heavy atom. The highest BCUT2D eigenvalue weighted by Crippen LogP contribution is 2.31. The molecule has 1 N–H and O–H groups in total. The van der Waals surface area contributed by atoms with E-state index < -0.39 is 10.0 Å². The number of benzene rings is 3. The minimum absolute atomic E-state index is 0.143. The SMILES string of the molecule is O=S(=O)(Nc1ccc(Cl)c2ccccc12)c1cccc2cccnc12. The summed E-state index contributed by atoms with van der Waals surface area (Å²) in [5, 5.41) is 2.88. The van der Waals surface area contributed by atoms with Crippen LogP contribution in [-0.2, 0) is 10.0 Å². The van der Waals surface area contributed by atoms with Gasteiger partial charge in [0.1, 0.15) is 4.90 Å². The molecule has 4 aromatic rings. The van der Waals surface area contributed by atoms with E-state index in [0.717, 1.165) is 16.2 Å². The molecule has 4 rings (SSSR count). The van der Waals surface area contributed by atoms with Gasteiger partial charge >= 0.3 is 0 Å². The van der Waals surface area contributed by atoms with Crippen molar-refractivity contribution in [1.29, 1.82) is 0 Å². The number of rotatable bonds is 3. The summed E-state index contributed by atoms with van der Waals surface area (Å²) >= 11 is 6.21. The van der Waals surface area contributed by atoms with Crippen molar-refractivity contribution in [2.24, 2.45) is 0 Å². The van der Waals surface area contributed by atoms with E-state index >= 15 is 0 Å². The summed E-state index contributed by atoms with van der Waals surface area (Å²) in [6.45, 7) is 0. The first-order valence-corrected chi connectivity index (χ1v) is 9.46. The van der Waals surface area contributed by atoms with Crippen LogP contribution in [0.2, 0.25) is 5.02 Å². The van der Waals surface area contributed by atoms with Gasteiger partial charge < -0.3 is 0 Å². The molecule has 0 atom stereocenters. The van der Waals surface area contributed by atoms with E-state index in [1.807, 2.05) is 36.4 Å². The highest BCUT2D eigenvalue weighted by atomic mass is 35.5. The molecule has 25 heavy (non-hydrogen) atoms. The van der Waals surface area contributed by atoms with Crippen LogP contribution in [-0.4, -0.2) is 13.4 Å². The van der Waals surface area contributed by atoms with Crippen LogP contribution in [0.3, 0.4) is 0 Å². The van der Waals surface area contributed by atoms with E-state index in [0.29, 0.717) is 16.2 Å². The third-order valence-electron chi connectivity index (χ3n) is 4.00. The molecule has 0 fully saturated rings. The van der Waals surface area contributed by atoms with Gasteiger partial charge in [-0.05, 0) is 24.3 Å². The number of aromatic nitrogens is 1. The first kappa shape index (κ1) is 15.9. The predicted molar refractivity (Wildman–Crippen MR) is 102 cm³/mol. The molecule has 4 nitrogen and oxygen atoms in total. The maximum absolute atomic E-state index is 13.0. The Labute approximate surface area is 150 Å². The number of fused-ring (bicyclic) bond motifs is 2. The van der Waals surface area contributed by atoms with Crippen LogP contribution in [0.1, 0.15) is 0 Å². The molecule has 0 bridgehead atoms. The quantitative estimate of drug-likeness (QED) is 0.562. The summed E-state index contributed by atoms with van der Waals surface area (Å²) in [6, 6.07) is 19.4. The zero-order chi connectivity index (χ0) is 17.4. The molecule has 0 radical (unpaired) electrons. The van der Waals surface area contributed by atoms with Gasteiger partial charge in [0, 0.05) is 27.4 Å². The van der Waals surface area contributed by atoms with Gasteiger partial charge in [-0.3, -0.25) is 9.71 Å². The number of hydrogen-bond donors (Lipinski definition) is 1. The van der Waals surface area contributed by atoms with Crippen molar-refractivity contribution in [1.82, 2.24) is 4.98 Å². The van der Waals surface area contributed by atoms with Crippen molar-refractivity contribution in [2.75, 3.05) is 4.72 Å². The third kappa shape index (κ3) is 2.81. The monoisotopic (exact) mass is 368 g/mol. The smallest absolute Gasteiger partial charge is 0.264 e. The number of nitrogens with one attached hydrogen (secondary N) is 1. The average Bonchev–Trinajstić information content (AvgIpc) is 2.64. The van der Waals surface area contributed by atoms with Gasteiger partial charge in [-0.15, -0.1) is 0 Å². The Bertz CT molecular complexity index is 1200. The Kier molecular flexibility index (Phi) is 3.82. The lowest BCUT2D eigenvalue weighted by molar-refractivity contribution is 0.602. The predicted octanol–water partition coefficient (Wildman–Crippen LogP) is 4.84. The van der Waals surface area contributed by atoms with Gasteiger partial charge in [0.2, 0.25) is 0 Å². The summed E-state index contributed by atoms with van der Waals surface area (Å²) in [4.78, 5) is 4.37. The van der Waals surface area contributed by atoms with Crippen molar-refractivity contribution in [3.05, 3.63) is 77.9 Å². The summed E-state index contributed by atoms with van der Waals surface area (Å²) in [7, 11) is -3.80. The molecular formula is C19H13ClN2O2S. The van der Waals surface area contributed by atoms with Gasteiger partial charge in [-0.25, -0.2) is 8.42 Å². The van der Waals surface area contributed by atoms with Crippen LogP contribution < -0.4 is 4.72 Å². The van der Waals surface area contributed by atoms with Crippen LogP contribution in [0.5, 0.6) is 0 Å². The Balaban J connectivity index is 1.87. The lowest BCUT2D eigenvalue weighted by atomic mass is 10.1. The Morgan fingerprint density at radius 3 is 2.44 bits per heavy atom. The van der Waals surface area contributed by atoms with Crippen LogP contribution >= 0.6 is 11.6 Å². The number of para-hydroxylation sites is 1. The Morgan fingerprint density at radius 1 is 0.840 bits per heavy atom. The summed E-state index contributed by atoms with van der Waals surface area (Å²) in [5.74, 6) is 0. The number of pyridine rings is 1. The minimum atomic E-state index is -3.80. The normalized spacial score (nSPS) is 11.7. The van der Waals surface area contributed by atoms with Gasteiger partial charge in [0.15, 0.2) is 0 Å². The number of nitrogens with zero attached hydrogens (tertiary/aromatic N) is 1. The standard InChI is InChI=1S/C19H13ClN2O2S/c20-16-10-11-17(15-8-2-1-7-14(15)16)22-25(23,24)18-9-3-5-13-6-4-12-21-19(13)18/h1-12,22H. The molecule has 0 saturated carbocycles. The van der Waals surface area contributed by atoms with Crippen molar-refractivity contribution in [3.63, 3.8) is 0 Å². The average molecular weight is 369 g/mol. The molecule has 0 spiro atoms. The number of anilines is 1. The molecule has 1 aromatic heterocycles. The van der Waals surface area contributed by atoms with Gasteiger partial charge in [-0.1, -0.05) is 54.1 Å². The molecule has 1 heterocycles. The molecule has 0 saturated heterocycles. The van der Waals surface area contributed by atoms with E-state index in [1.54, 1.807) is 36.5 Å². The first-order chi connectivity index (χ1) is 12.1. The molecule has 0 aliphatic rings. The maximum atomic E-state index is 13.0. The van der Waals surface area contributed by atoms with E-state index in [9.17, 15) is 8.42 Å². The first-order valence-electron chi connectivity index (χ1n) is 7.60. The second-order valence-corrected chi connectivity index (χ2v) is 7.64. The van der Waals surface area contributed by atoms with Crippen LogP contribution in [0.4, 0.5) is 5.69 Å². The van der Waals surface area contributed by atoms with Gasteiger partial charge in [-0.2, -0.15) is 0 Å². The largest absolute Gasteiger partial charge is 0.279 e.